The van der Waals surface area contributed by atoms with E-state index in [1.165, 1.54) is 12.1 Å². The summed E-state index contributed by atoms with van der Waals surface area (Å²) in [5.41, 5.74) is 2.13. The Hall–Kier alpha value is -3.64. The summed E-state index contributed by atoms with van der Waals surface area (Å²) < 4.78 is 31.8. The summed E-state index contributed by atoms with van der Waals surface area (Å²) in [6.45, 7) is 4.79. The molecule has 3 aromatic rings. The van der Waals surface area contributed by atoms with Crippen LogP contribution in [0.5, 0.6) is 5.75 Å². The van der Waals surface area contributed by atoms with Gasteiger partial charge in [-0.3, -0.25) is 4.79 Å². The van der Waals surface area contributed by atoms with Crippen LogP contribution in [0.25, 0.3) is 10.8 Å². The molecule has 0 N–H and O–H groups in total. The van der Waals surface area contributed by atoms with E-state index in [2.05, 4.69) is 24.0 Å². The van der Waals surface area contributed by atoms with Crippen LogP contribution in [0.1, 0.15) is 35.7 Å². The van der Waals surface area contributed by atoms with Gasteiger partial charge in [0.1, 0.15) is 4.91 Å². The minimum absolute atomic E-state index is 0.0771. The van der Waals surface area contributed by atoms with Gasteiger partial charge in [0.2, 0.25) is 21.5 Å². The lowest BCUT2D eigenvalue weighted by molar-refractivity contribution is 0.104. The van der Waals surface area contributed by atoms with E-state index in [1.807, 2.05) is 37.3 Å². The predicted molar refractivity (Wildman–Crippen MR) is 135 cm³/mol. The van der Waals surface area contributed by atoms with Gasteiger partial charge in [0, 0.05) is 17.5 Å². The predicted octanol–water partition coefficient (Wildman–Crippen LogP) is 6.10. The number of ketones is 1. The average molecular weight is 472 g/mol. The van der Waals surface area contributed by atoms with Crippen molar-refractivity contribution in [1.82, 2.24) is 0 Å². The second-order valence-electron chi connectivity index (χ2n) is 8.49. The largest absolute Gasteiger partial charge is 0.439 e. The highest BCUT2D eigenvalue weighted by Gasteiger charge is 2.38. The van der Waals surface area contributed by atoms with Crippen molar-refractivity contribution in [1.29, 1.82) is 0 Å². The zero-order chi connectivity index (χ0) is 23.9. The van der Waals surface area contributed by atoms with Crippen LogP contribution in [0, 0.1) is 6.92 Å². The van der Waals surface area contributed by atoms with Crippen molar-refractivity contribution in [2.45, 2.75) is 31.6 Å². The Morgan fingerprint density at radius 3 is 2.62 bits per heavy atom. The van der Waals surface area contributed by atoms with Crippen molar-refractivity contribution < 1.29 is 17.9 Å². The maximum Gasteiger partial charge on any atom is 0.211 e. The molecule has 5 nitrogen and oxygen atoms in total. The molecule has 0 aliphatic carbocycles. The van der Waals surface area contributed by atoms with Crippen LogP contribution in [0.2, 0.25) is 0 Å². The zero-order valence-corrected chi connectivity index (χ0v) is 19.9. The SMILES string of the molecule is CCCCN1/C(=C/C=C/C=C2/C(=O)c3cc(C)ccc3S2(=O)=O)Oc2ccc3ccccc3c21. The monoisotopic (exact) mass is 471 g/mol. The molecule has 0 atom stereocenters. The summed E-state index contributed by atoms with van der Waals surface area (Å²) in [6, 6.07) is 17.1. The molecule has 2 heterocycles. The van der Waals surface area contributed by atoms with Gasteiger partial charge in [-0.05, 0) is 49.1 Å². The average Bonchev–Trinajstić information content (AvgIpc) is 3.27. The molecule has 0 fully saturated rings. The number of hydrogen-bond donors (Lipinski definition) is 0. The van der Waals surface area contributed by atoms with Gasteiger partial charge in [0.05, 0.1) is 10.6 Å². The molecular weight excluding hydrogens is 446 g/mol. The Morgan fingerprint density at radius 2 is 1.79 bits per heavy atom. The Morgan fingerprint density at radius 1 is 1.00 bits per heavy atom. The van der Waals surface area contributed by atoms with Crippen molar-refractivity contribution >= 4 is 32.1 Å². The lowest BCUT2D eigenvalue weighted by Crippen LogP contribution is -2.21. The number of sulfone groups is 1. The van der Waals surface area contributed by atoms with E-state index in [9.17, 15) is 13.2 Å². The van der Waals surface area contributed by atoms with Gasteiger partial charge in [-0.2, -0.15) is 0 Å². The zero-order valence-electron chi connectivity index (χ0n) is 19.1. The van der Waals surface area contributed by atoms with Gasteiger partial charge in [0.15, 0.2) is 5.75 Å². The molecule has 172 valence electrons. The quantitative estimate of drug-likeness (QED) is 0.421. The number of aryl methyl sites for hydroxylation is 1. The van der Waals surface area contributed by atoms with Crippen LogP contribution in [0.4, 0.5) is 5.69 Å². The highest BCUT2D eigenvalue weighted by Crippen LogP contribution is 2.44. The number of allylic oxidation sites excluding steroid dienone is 5. The normalized spacial score (nSPS) is 18.8. The first-order valence-corrected chi connectivity index (χ1v) is 12.9. The third-order valence-electron chi connectivity index (χ3n) is 6.13. The number of unbranched alkanes of at least 4 members (excludes halogenated alkanes) is 1. The molecule has 6 heteroatoms. The number of fused-ring (bicyclic) bond motifs is 4. The summed E-state index contributed by atoms with van der Waals surface area (Å²) in [6.07, 6.45) is 8.53. The van der Waals surface area contributed by atoms with Crippen molar-refractivity contribution in [2.75, 3.05) is 11.4 Å². The van der Waals surface area contributed by atoms with Crippen molar-refractivity contribution in [3.8, 4) is 5.75 Å². The van der Waals surface area contributed by atoms with E-state index < -0.39 is 15.6 Å². The summed E-state index contributed by atoms with van der Waals surface area (Å²) >= 11 is 0. The molecule has 34 heavy (non-hydrogen) atoms. The first kappa shape index (κ1) is 22.2. The Bertz CT molecular complexity index is 1510. The maximum atomic E-state index is 12.8. The fourth-order valence-corrected chi connectivity index (χ4v) is 5.95. The van der Waals surface area contributed by atoms with Gasteiger partial charge in [0.25, 0.3) is 0 Å². The van der Waals surface area contributed by atoms with E-state index >= 15 is 0 Å². The van der Waals surface area contributed by atoms with E-state index in [-0.39, 0.29) is 15.4 Å². The molecule has 3 aromatic carbocycles. The minimum Gasteiger partial charge on any atom is -0.439 e. The molecule has 2 aliphatic heterocycles. The Kier molecular flexibility index (Phi) is 5.62. The fourth-order valence-electron chi connectivity index (χ4n) is 4.41. The van der Waals surface area contributed by atoms with Crippen LogP contribution in [-0.4, -0.2) is 20.7 Å². The molecule has 0 spiro atoms. The number of benzene rings is 3. The molecule has 0 bridgehead atoms. The summed E-state index contributed by atoms with van der Waals surface area (Å²) in [5.74, 6) is 1.01. The van der Waals surface area contributed by atoms with Crippen LogP contribution in [0.15, 0.2) is 94.6 Å². The highest BCUT2D eigenvalue weighted by atomic mass is 32.2. The van der Waals surface area contributed by atoms with Gasteiger partial charge in [-0.1, -0.05) is 67.5 Å². The lowest BCUT2D eigenvalue weighted by atomic mass is 10.1. The molecule has 0 amide bonds. The first-order chi connectivity index (χ1) is 16.4. The second-order valence-corrected chi connectivity index (χ2v) is 10.4. The number of ether oxygens (including phenoxy) is 1. The lowest BCUT2D eigenvalue weighted by Gasteiger charge is -2.19. The van der Waals surface area contributed by atoms with Crippen LogP contribution < -0.4 is 9.64 Å². The number of nitrogens with zero attached hydrogens (tertiary/aromatic N) is 1. The molecule has 0 saturated heterocycles. The molecule has 5 rings (SSSR count). The number of rotatable bonds is 5. The van der Waals surface area contributed by atoms with Crippen LogP contribution in [0.3, 0.4) is 0 Å². The second kappa shape index (κ2) is 8.61. The maximum absolute atomic E-state index is 12.8. The molecule has 0 radical (unpaired) electrons. The van der Waals surface area contributed by atoms with E-state index in [1.54, 1.807) is 24.3 Å². The van der Waals surface area contributed by atoms with Gasteiger partial charge < -0.3 is 9.64 Å². The smallest absolute Gasteiger partial charge is 0.211 e. The van der Waals surface area contributed by atoms with E-state index in [4.69, 9.17) is 4.74 Å². The van der Waals surface area contributed by atoms with E-state index in [0.717, 1.165) is 47.2 Å². The summed E-state index contributed by atoms with van der Waals surface area (Å²) in [7, 11) is -3.80. The standard InChI is InChI=1S/C28H25NO4S/c1-3-4-17-29-26(33-23-15-14-20-9-5-6-10-21(20)27(23)29)12-8-7-11-25-28(30)22-18-19(2)13-16-24(22)34(25,31)32/h5-16,18H,3-4,17H2,1-2H3/b8-7+,25-11-,26-12-. The van der Waals surface area contributed by atoms with Crippen molar-refractivity contribution in [3.05, 3.63) is 101 Å². The third-order valence-corrected chi connectivity index (χ3v) is 7.96. The number of Topliss-reactive ketones (excluding diaryl/α,β-unsaturated/α-hetero) is 1. The third kappa shape index (κ3) is 3.64. The molecular formula is C28H25NO4S. The van der Waals surface area contributed by atoms with Crippen molar-refractivity contribution in [2.24, 2.45) is 0 Å². The minimum atomic E-state index is -3.80. The Labute approximate surface area is 199 Å². The van der Waals surface area contributed by atoms with Gasteiger partial charge in [-0.15, -0.1) is 0 Å². The highest BCUT2D eigenvalue weighted by molar-refractivity contribution is 7.97. The van der Waals surface area contributed by atoms with Gasteiger partial charge in [-0.25, -0.2) is 8.42 Å². The summed E-state index contributed by atoms with van der Waals surface area (Å²) in [5, 5.41) is 2.27. The number of hydrogen-bond acceptors (Lipinski definition) is 5. The van der Waals surface area contributed by atoms with E-state index in [0.29, 0.717) is 5.88 Å². The molecule has 0 aromatic heterocycles. The Balaban J connectivity index is 1.47. The summed E-state index contributed by atoms with van der Waals surface area (Å²) in [4.78, 5) is 14.8. The molecule has 0 unspecified atom stereocenters. The van der Waals surface area contributed by atoms with Gasteiger partial charge >= 0.3 is 0 Å². The van der Waals surface area contributed by atoms with Crippen LogP contribution in [-0.2, 0) is 9.84 Å². The fraction of sp³-hybridized carbons (Fsp3) is 0.179. The molecule has 2 aliphatic rings. The number of carbonyl (C=O) groups excluding carboxylic acids is 1. The number of carbonyl (C=O) groups is 1. The van der Waals surface area contributed by atoms with Crippen molar-refractivity contribution in [3.63, 3.8) is 0 Å². The first-order valence-electron chi connectivity index (χ1n) is 11.4. The molecule has 0 saturated carbocycles. The topological polar surface area (TPSA) is 63.7 Å². The number of anilines is 1. The van der Waals surface area contributed by atoms with Crippen LogP contribution >= 0.6 is 0 Å².